The number of nitrogens with zero attached hydrogens (tertiary/aromatic N) is 2. The second kappa shape index (κ2) is 7.20. The Morgan fingerprint density at radius 2 is 1.92 bits per heavy atom. The third-order valence-electron chi connectivity index (χ3n) is 3.48. The summed E-state index contributed by atoms with van der Waals surface area (Å²) < 4.78 is 28.4. The molecule has 1 N–H and O–H groups in total. The number of rotatable bonds is 6. The third-order valence-corrected chi connectivity index (χ3v) is 5.48. The quantitative estimate of drug-likeness (QED) is 0.712. The molecule has 2 aromatic heterocycles. The minimum Gasteiger partial charge on any atom is -0.481 e. The number of benzene rings is 1. The fourth-order valence-electron chi connectivity index (χ4n) is 2.19. The van der Waals surface area contributed by atoms with Crippen molar-refractivity contribution in [2.24, 2.45) is 0 Å². The Morgan fingerprint density at radius 1 is 1.16 bits per heavy atom. The Morgan fingerprint density at radius 3 is 2.52 bits per heavy atom. The van der Waals surface area contributed by atoms with Gasteiger partial charge in [0.2, 0.25) is 5.88 Å². The Hall–Kier alpha value is -2.45. The second-order valence-corrected chi connectivity index (χ2v) is 8.40. The maximum atomic E-state index is 11.6. The van der Waals surface area contributed by atoms with E-state index in [1.54, 1.807) is 48.8 Å². The van der Waals surface area contributed by atoms with Crippen LogP contribution < -0.4 is 10.1 Å². The summed E-state index contributed by atoms with van der Waals surface area (Å²) in [7, 11) is -1.69. The maximum absolute atomic E-state index is 11.6. The molecule has 0 atom stereocenters. The van der Waals surface area contributed by atoms with Gasteiger partial charge < -0.3 is 10.1 Å². The Kier molecular flexibility index (Phi) is 5.00. The first-order chi connectivity index (χ1) is 12.0. The molecule has 0 radical (unpaired) electrons. The lowest BCUT2D eigenvalue weighted by Gasteiger charge is -2.09. The normalized spacial score (nSPS) is 11.3. The summed E-state index contributed by atoms with van der Waals surface area (Å²) in [6, 6.07) is 12.2. The number of nitrogens with one attached hydrogen (secondary N) is 1. The zero-order chi connectivity index (χ0) is 17.9. The maximum Gasteiger partial charge on any atom is 0.218 e. The van der Waals surface area contributed by atoms with Crippen molar-refractivity contribution < 1.29 is 13.2 Å². The number of hydrogen-bond donors (Lipinski definition) is 1. The molecule has 130 valence electrons. The molecule has 0 unspecified atom stereocenters. The zero-order valence-corrected chi connectivity index (χ0v) is 15.4. The number of anilines is 1. The summed E-state index contributed by atoms with van der Waals surface area (Å²) in [6.45, 7) is 0.657. The van der Waals surface area contributed by atoms with Gasteiger partial charge in [0.15, 0.2) is 15.7 Å². The molecule has 0 saturated heterocycles. The summed E-state index contributed by atoms with van der Waals surface area (Å²) in [6.07, 6.45) is 1.18. The van der Waals surface area contributed by atoms with Crippen molar-refractivity contribution in [2.75, 3.05) is 18.7 Å². The first-order valence-corrected chi connectivity index (χ1v) is 10.2. The van der Waals surface area contributed by atoms with Crippen LogP contribution in [0.3, 0.4) is 0 Å². The van der Waals surface area contributed by atoms with Gasteiger partial charge in [-0.3, -0.25) is 0 Å². The summed E-state index contributed by atoms with van der Waals surface area (Å²) >= 11 is 1.66. The highest BCUT2D eigenvalue weighted by molar-refractivity contribution is 7.90. The van der Waals surface area contributed by atoms with Crippen LogP contribution in [0.4, 0.5) is 5.82 Å². The molecule has 2 heterocycles. The van der Waals surface area contributed by atoms with Gasteiger partial charge in [0.1, 0.15) is 5.82 Å². The molecule has 0 bridgehead atoms. The van der Waals surface area contributed by atoms with Crippen molar-refractivity contribution in [2.45, 2.75) is 11.4 Å². The second-order valence-electron chi connectivity index (χ2n) is 5.35. The van der Waals surface area contributed by atoms with Crippen molar-refractivity contribution in [3.05, 3.63) is 52.7 Å². The molecule has 0 aliphatic heterocycles. The molecule has 0 amide bonds. The van der Waals surface area contributed by atoms with E-state index in [4.69, 9.17) is 4.74 Å². The summed E-state index contributed by atoms with van der Waals surface area (Å²) in [5, 5.41) is 5.27. The molecule has 0 aliphatic carbocycles. The van der Waals surface area contributed by atoms with Crippen LogP contribution in [0, 0.1) is 0 Å². The monoisotopic (exact) mass is 375 g/mol. The van der Waals surface area contributed by atoms with Crippen molar-refractivity contribution in [3.63, 3.8) is 0 Å². The first kappa shape index (κ1) is 17.4. The van der Waals surface area contributed by atoms with Gasteiger partial charge >= 0.3 is 0 Å². The van der Waals surface area contributed by atoms with Crippen molar-refractivity contribution in [1.29, 1.82) is 0 Å². The van der Waals surface area contributed by atoms with Gasteiger partial charge in [0, 0.05) is 22.8 Å². The molecular weight excluding hydrogens is 358 g/mol. The molecule has 0 spiro atoms. The van der Waals surface area contributed by atoms with Gasteiger partial charge in [-0.2, -0.15) is 4.98 Å². The van der Waals surface area contributed by atoms with Crippen molar-refractivity contribution in [1.82, 2.24) is 9.97 Å². The Labute approximate surface area is 150 Å². The van der Waals surface area contributed by atoms with Crippen LogP contribution in [0.1, 0.15) is 4.88 Å². The molecule has 8 heteroatoms. The van der Waals surface area contributed by atoms with E-state index in [0.29, 0.717) is 29.6 Å². The fourth-order valence-corrected chi connectivity index (χ4v) is 3.47. The number of methoxy groups -OCH3 is 1. The van der Waals surface area contributed by atoms with E-state index in [9.17, 15) is 8.42 Å². The number of sulfone groups is 1. The SMILES string of the molecule is COc1cc(NCc2cccs2)nc(-c2ccc(S(C)(=O)=O)cc2)n1. The van der Waals surface area contributed by atoms with Gasteiger partial charge in [-0.25, -0.2) is 13.4 Å². The predicted octanol–water partition coefficient (Wildman–Crippen LogP) is 3.23. The van der Waals surface area contributed by atoms with Gasteiger partial charge in [0.05, 0.1) is 18.6 Å². The van der Waals surface area contributed by atoms with Crippen LogP contribution in [0.5, 0.6) is 5.88 Å². The topological polar surface area (TPSA) is 81.2 Å². The zero-order valence-electron chi connectivity index (χ0n) is 13.8. The van der Waals surface area contributed by atoms with E-state index in [-0.39, 0.29) is 4.90 Å². The van der Waals surface area contributed by atoms with Crippen LogP contribution in [0.15, 0.2) is 52.7 Å². The average Bonchev–Trinajstić information content (AvgIpc) is 3.12. The van der Waals surface area contributed by atoms with E-state index >= 15 is 0 Å². The highest BCUT2D eigenvalue weighted by Gasteiger charge is 2.10. The van der Waals surface area contributed by atoms with Gasteiger partial charge in [-0.05, 0) is 35.7 Å². The van der Waals surface area contributed by atoms with E-state index in [2.05, 4.69) is 15.3 Å². The van der Waals surface area contributed by atoms with Crippen LogP contribution in [0.25, 0.3) is 11.4 Å². The van der Waals surface area contributed by atoms with E-state index in [0.717, 1.165) is 0 Å². The third kappa shape index (κ3) is 4.34. The van der Waals surface area contributed by atoms with Gasteiger partial charge in [-0.15, -0.1) is 11.3 Å². The van der Waals surface area contributed by atoms with E-state index < -0.39 is 9.84 Å². The summed E-state index contributed by atoms with van der Waals surface area (Å²) in [5.74, 6) is 1.54. The number of aromatic nitrogens is 2. The lowest BCUT2D eigenvalue weighted by molar-refractivity contribution is 0.398. The van der Waals surface area contributed by atoms with Crippen molar-refractivity contribution in [3.8, 4) is 17.3 Å². The molecule has 1 aromatic carbocycles. The van der Waals surface area contributed by atoms with Crippen molar-refractivity contribution >= 4 is 27.0 Å². The number of hydrogen-bond acceptors (Lipinski definition) is 7. The molecule has 3 rings (SSSR count). The molecule has 0 fully saturated rings. The van der Waals surface area contributed by atoms with Crippen LogP contribution in [-0.2, 0) is 16.4 Å². The minimum atomic E-state index is -3.23. The summed E-state index contributed by atoms with van der Waals surface area (Å²) in [4.78, 5) is 10.3. The fraction of sp³-hybridized carbons (Fsp3) is 0.176. The molecular formula is C17H17N3O3S2. The molecule has 25 heavy (non-hydrogen) atoms. The smallest absolute Gasteiger partial charge is 0.218 e. The molecule has 0 saturated carbocycles. The largest absolute Gasteiger partial charge is 0.481 e. The van der Waals surface area contributed by atoms with Crippen LogP contribution in [-0.4, -0.2) is 31.8 Å². The Bertz CT molecular complexity index is 953. The van der Waals surface area contributed by atoms with Crippen LogP contribution >= 0.6 is 11.3 Å². The Balaban J connectivity index is 1.88. The predicted molar refractivity (Wildman–Crippen MR) is 98.8 cm³/mol. The molecule has 0 aliphatic rings. The average molecular weight is 375 g/mol. The van der Waals surface area contributed by atoms with E-state index in [1.165, 1.54) is 11.1 Å². The first-order valence-electron chi connectivity index (χ1n) is 7.45. The van der Waals surface area contributed by atoms with E-state index in [1.807, 2.05) is 17.5 Å². The number of ether oxygens (including phenoxy) is 1. The van der Waals surface area contributed by atoms with Gasteiger partial charge in [0.25, 0.3) is 0 Å². The molecule has 3 aromatic rings. The lowest BCUT2D eigenvalue weighted by atomic mass is 10.2. The highest BCUT2D eigenvalue weighted by Crippen LogP contribution is 2.23. The highest BCUT2D eigenvalue weighted by atomic mass is 32.2. The minimum absolute atomic E-state index is 0.259. The lowest BCUT2D eigenvalue weighted by Crippen LogP contribution is -2.03. The standard InChI is InChI=1S/C17H17N3O3S2/c1-23-16-10-15(18-11-13-4-3-9-24-13)19-17(20-16)12-5-7-14(8-6-12)25(2,21)22/h3-10H,11H2,1-2H3,(H,18,19,20). The van der Waals surface area contributed by atoms with Crippen LogP contribution in [0.2, 0.25) is 0 Å². The molecule has 6 nitrogen and oxygen atoms in total. The number of thiophene rings is 1. The summed E-state index contributed by atoms with van der Waals surface area (Å²) in [5.41, 5.74) is 0.713. The van der Waals surface area contributed by atoms with Gasteiger partial charge in [-0.1, -0.05) is 6.07 Å².